The zero-order chi connectivity index (χ0) is 24.6. The largest absolute Gasteiger partial charge is 0.495 e. The SMILES string of the molecule is COc1ccc(C)cc1NC(=O)Cn1c(=O)oc2cc(S(=O)(=O)N3C[C@H](C)C[C@@H](C)C3)ccc21. The number of amides is 1. The summed E-state index contributed by atoms with van der Waals surface area (Å²) in [5.41, 5.74) is 1.89. The third-order valence-electron chi connectivity index (χ3n) is 6.04. The van der Waals surface area contributed by atoms with Crippen molar-refractivity contribution in [2.45, 2.75) is 38.6 Å². The van der Waals surface area contributed by atoms with E-state index in [0.717, 1.165) is 12.0 Å². The van der Waals surface area contributed by atoms with E-state index in [1.807, 2.05) is 26.8 Å². The van der Waals surface area contributed by atoms with Crippen molar-refractivity contribution in [1.82, 2.24) is 8.87 Å². The monoisotopic (exact) mass is 487 g/mol. The average molecular weight is 488 g/mol. The average Bonchev–Trinajstić information content (AvgIpc) is 3.07. The molecule has 0 aliphatic carbocycles. The number of aryl methyl sites for hydroxylation is 1. The molecule has 9 nitrogen and oxygen atoms in total. The molecule has 1 aromatic heterocycles. The minimum Gasteiger partial charge on any atom is -0.495 e. The molecule has 1 amide bonds. The number of aromatic nitrogens is 1. The van der Waals surface area contributed by atoms with Crippen molar-refractivity contribution in [2.75, 3.05) is 25.5 Å². The summed E-state index contributed by atoms with van der Waals surface area (Å²) in [6, 6.07) is 9.69. The Hall–Kier alpha value is -3.11. The van der Waals surface area contributed by atoms with Gasteiger partial charge in [-0.05, 0) is 55.0 Å². The maximum atomic E-state index is 13.2. The Balaban J connectivity index is 1.59. The van der Waals surface area contributed by atoms with Crippen LogP contribution >= 0.6 is 0 Å². The van der Waals surface area contributed by atoms with Gasteiger partial charge in [0.1, 0.15) is 12.3 Å². The van der Waals surface area contributed by atoms with Crippen molar-refractivity contribution < 1.29 is 22.4 Å². The highest BCUT2D eigenvalue weighted by Gasteiger charge is 2.32. The molecule has 2 heterocycles. The first-order chi connectivity index (χ1) is 16.1. The van der Waals surface area contributed by atoms with Gasteiger partial charge in [0, 0.05) is 19.2 Å². The highest BCUT2D eigenvalue weighted by atomic mass is 32.2. The van der Waals surface area contributed by atoms with Gasteiger partial charge in [-0.15, -0.1) is 0 Å². The number of methoxy groups -OCH3 is 1. The predicted octanol–water partition coefficient (Wildman–Crippen LogP) is 3.22. The Morgan fingerprint density at radius 1 is 1.15 bits per heavy atom. The minimum atomic E-state index is -3.73. The first-order valence-corrected chi connectivity index (χ1v) is 12.6. The van der Waals surface area contributed by atoms with Gasteiger partial charge in [-0.3, -0.25) is 9.36 Å². The highest BCUT2D eigenvalue weighted by Crippen LogP contribution is 2.28. The lowest BCUT2D eigenvalue weighted by molar-refractivity contribution is -0.116. The van der Waals surface area contributed by atoms with E-state index in [1.54, 1.807) is 12.1 Å². The molecular formula is C24H29N3O6S. The van der Waals surface area contributed by atoms with E-state index in [9.17, 15) is 18.0 Å². The van der Waals surface area contributed by atoms with Gasteiger partial charge in [-0.2, -0.15) is 4.31 Å². The number of hydrogen-bond donors (Lipinski definition) is 1. The predicted molar refractivity (Wildman–Crippen MR) is 129 cm³/mol. The quantitative estimate of drug-likeness (QED) is 0.572. The number of benzene rings is 2. The topological polar surface area (TPSA) is 111 Å². The second-order valence-corrected chi connectivity index (χ2v) is 11.0. The number of nitrogens with one attached hydrogen (secondary N) is 1. The number of piperidine rings is 1. The maximum absolute atomic E-state index is 13.2. The van der Waals surface area contributed by atoms with E-state index in [0.29, 0.717) is 30.0 Å². The van der Waals surface area contributed by atoms with Crippen molar-refractivity contribution >= 4 is 32.7 Å². The lowest BCUT2D eigenvalue weighted by atomic mass is 9.94. The van der Waals surface area contributed by atoms with E-state index in [-0.39, 0.29) is 28.9 Å². The van der Waals surface area contributed by atoms with Crippen LogP contribution in [0, 0.1) is 18.8 Å². The number of oxazole rings is 1. The molecule has 0 radical (unpaired) electrons. The molecule has 2 atom stereocenters. The zero-order valence-corrected chi connectivity index (χ0v) is 20.5. The van der Waals surface area contributed by atoms with Crippen molar-refractivity contribution in [1.29, 1.82) is 0 Å². The summed E-state index contributed by atoms with van der Waals surface area (Å²) in [5, 5.41) is 2.75. The molecule has 3 aromatic rings. The number of carbonyl (C=O) groups is 1. The fraction of sp³-hybridized carbons (Fsp3) is 0.417. The molecule has 34 heavy (non-hydrogen) atoms. The van der Waals surface area contributed by atoms with Crippen molar-refractivity contribution in [3.8, 4) is 5.75 Å². The Kier molecular flexibility index (Phi) is 6.55. The molecule has 2 aromatic carbocycles. The number of carbonyl (C=O) groups excluding carboxylic acids is 1. The maximum Gasteiger partial charge on any atom is 0.420 e. The fourth-order valence-electron chi connectivity index (χ4n) is 4.56. The molecule has 1 fully saturated rings. The van der Waals surface area contributed by atoms with Gasteiger partial charge in [0.15, 0.2) is 5.58 Å². The third-order valence-corrected chi connectivity index (χ3v) is 7.87. The van der Waals surface area contributed by atoms with Crippen LogP contribution in [0.3, 0.4) is 0 Å². The van der Waals surface area contributed by atoms with Gasteiger partial charge in [0.25, 0.3) is 0 Å². The van der Waals surface area contributed by atoms with Crippen LogP contribution in [0.2, 0.25) is 0 Å². The highest BCUT2D eigenvalue weighted by molar-refractivity contribution is 7.89. The van der Waals surface area contributed by atoms with Crippen LogP contribution in [-0.4, -0.2) is 43.4 Å². The van der Waals surface area contributed by atoms with Crippen molar-refractivity contribution in [3.63, 3.8) is 0 Å². The summed E-state index contributed by atoms with van der Waals surface area (Å²) in [7, 11) is -2.22. The number of nitrogens with zero attached hydrogens (tertiary/aromatic N) is 2. The Morgan fingerprint density at radius 3 is 2.53 bits per heavy atom. The number of anilines is 1. The van der Waals surface area contributed by atoms with Gasteiger partial charge in [0.2, 0.25) is 15.9 Å². The van der Waals surface area contributed by atoms with Gasteiger partial charge >= 0.3 is 5.76 Å². The molecule has 1 aliphatic heterocycles. The van der Waals surface area contributed by atoms with Crippen LogP contribution in [0.4, 0.5) is 5.69 Å². The molecule has 10 heteroatoms. The summed E-state index contributed by atoms with van der Waals surface area (Å²) >= 11 is 0. The Labute approximate surface area is 198 Å². The van der Waals surface area contributed by atoms with Gasteiger partial charge in [-0.25, -0.2) is 13.2 Å². The lowest BCUT2D eigenvalue weighted by Crippen LogP contribution is -2.42. The van der Waals surface area contributed by atoms with Crippen LogP contribution in [0.25, 0.3) is 11.1 Å². The molecule has 4 rings (SSSR count). The zero-order valence-electron chi connectivity index (χ0n) is 19.7. The van der Waals surface area contributed by atoms with E-state index in [4.69, 9.17) is 9.15 Å². The molecule has 1 aliphatic rings. The number of ether oxygens (including phenoxy) is 1. The second kappa shape index (κ2) is 9.27. The van der Waals surface area contributed by atoms with Crippen LogP contribution in [-0.2, 0) is 21.4 Å². The summed E-state index contributed by atoms with van der Waals surface area (Å²) in [4.78, 5) is 25.2. The number of sulfonamides is 1. The van der Waals surface area contributed by atoms with Crippen LogP contribution < -0.4 is 15.8 Å². The van der Waals surface area contributed by atoms with E-state index in [2.05, 4.69) is 5.32 Å². The Morgan fingerprint density at radius 2 is 1.85 bits per heavy atom. The first-order valence-electron chi connectivity index (χ1n) is 11.2. The number of hydrogen-bond acceptors (Lipinski definition) is 6. The van der Waals surface area contributed by atoms with Gasteiger partial charge in [-0.1, -0.05) is 19.9 Å². The first kappa shape index (κ1) is 24.0. The standard InChI is InChI=1S/C24H29N3O6S/c1-15-5-8-21(32-4)19(10-15)25-23(28)14-27-20-7-6-18(11-22(20)33-24(27)29)34(30,31)26-12-16(2)9-17(3)13-26/h5-8,10-11,16-17H,9,12-14H2,1-4H3,(H,25,28)/t16-,17-/m1/s1. The van der Waals surface area contributed by atoms with Crippen molar-refractivity contribution in [2.24, 2.45) is 11.8 Å². The van der Waals surface area contributed by atoms with Gasteiger partial charge < -0.3 is 14.5 Å². The lowest BCUT2D eigenvalue weighted by Gasteiger charge is -2.34. The molecule has 1 saturated heterocycles. The van der Waals surface area contributed by atoms with Crippen LogP contribution in [0.5, 0.6) is 5.75 Å². The smallest absolute Gasteiger partial charge is 0.420 e. The summed E-state index contributed by atoms with van der Waals surface area (Å²) in [6.45, 7) is 6.59. The van der Waals surface area contributed by atoms with E-state index in [1.165, 1.54) is 34.2 Å². The molecule has 0 saturated carbocycles. The summed E-state index contributed by atoms with van der Waals surface area (Å²) in [5.74, 6) is -0.143. The van der Waals surface area contributed by atoms with Crippen LogP contribution in [0.1, 0.15) is 25.8 Å². The van der Waals surface area contributed by atoms with Crippen LogP contribution in [0.15, 0.2) is 50.5 Å². The van der Waals surface area contributed by atoms with E-state index >= 15 is 0 Å². The minimum absolute atomic E-state index is 0.0659. The summed E-state index contributed by atoms with van der Waals surface area (Å²) < 4.78 is 39.7. The molecule has 1 N–H and O–H groups in total. The second-order valence-electron chi connectivity index (χ2n) is 9.10. The van der Waals surface area contributed by atoms with E-state index < -0.39 is 21.7 Å². The molecule has 0 unspecified atom stereocenters. The Bertz CT molecular complexity index is 1380. The third kappa shape index (κ3) is 4.74. The molecule has 0 bridgehead atoms. The molecule has 0 spiro atoms. The van der Waals surface area contributed by atoms with Crippen molar-refractivity contribution in [3.05, 3.63) is 52.5 Å². The molecular weight excluding hydrogens is 458 g/mol. The fourth-order valence-corrected chi connectivity index (χ4v) is 6.26. The number of fused-ring (bicyclic) bond motifs is 1. The van der Waals surface area contributed by atoms with Gasteiger partial charge in [0.05, 0.1) is 23.2 Å². The summed E-state index contributed by atoms with van der Waals surface area (Å²) in [6.07, 6.45) is 0.985. The number of rotatable bonds is 6. The molecule has 182 valence electrons. The normalized spacial score (nSPS) is 19.3.